The van der Waals surface area contributed by atoms with E-state index in [0.717, 1.165) is 18.6 Å². The molecule has 0 N–H and O–H groups in total. The number of carbonyl (C=O) groups excluding carboxylic acids is 1. The van der Waals surface area contributed by atoms with E-state index in [2.05, 4.69) is 36.1 Å². The first-order valence-electron chi connectivity index (χ1n) is 9.29. The Morgan fingerprint density at radius 2 is 1.81 bits per heavy atom. The van der Waals surface area contributed by atoms with E-state index in [1.165, 1.54) is 15.8 Å². The number of hydrogen-bond acceptors (Lipinski definition) is 4. The lowest BCUT2D eigenvalue weighted by Crippen LogP contribution is -2.49. The van der Waals surface area contributed by atoms with Crippen molar-refractivity contribution in [3.8, 4) is 0 Å². The maximum atomic E-state index is 12.6. The Hall–Kier alpha value is -3.02. The van der Waals surface area contributed by atoms with Gasteiger partial charge in [-0.05, 0) is 36.8 Å². The van der Waals surface area contributed by atoms with Crippen molar-refractivity contribution in [2.75, 3.05) is 31.1 Å². The molecule has 0 aliphatic carbocycles. The number of nitrogens with zero attached hydrogens (tertiary/aromatic N) is 3. The van der Waals surface area contributed by atoms with Crippen molar-refractivity contribution < 1.29 is 9.21 Å². The predicted octanol–water partition coefficient (Wildman–Crippen LogP) is 2.64. The van der Waals surface area contributed by atoms with E-state index in [1.54, 1.807) is 6.07 Å². The Morgan fingerprint density at radius 3 is 2.59 bits per heavy atom. The fourth-order valence-corrected chi connectivity index (χ4v) is 3.63. The Kier molecular flexibility index (Phi) is 4.71. The fourth-order valence-electron chi connectivity index (χ4n) is 3.63. The van der Waals surface area contributed by atoms with Crippen molar-refractivity contribution in [3.63, 3.8) is 0 Å². The van der Waals surface area contributed by atoms with Gasteiger partial charge in [-0.1, -0.05) is 24.3 Å². The number of carbonyl (C=O) groups is 1. The molecule has 27 heavy (non-hydrogen) atoms. The van der Waals surface area contributed by atoms with E-state index in [-0.39, 0.29) is 5.91 Å². The summed E-state index contributed by atoms with van der Waals surface area (Å²) in [4.78, 5) is 28.8. The number of rotatable bonds is 4. The molecule has 0 atom stereocenters. The highest BCUT2D eigenvalue weighted by molar-refractivity contribution is 5.77. The zero-order valence-electron chi connectivity index (χ0n) is 15.4. The van der Waals surface area contributed by atoms with E-state index in [1.807, 2.05) is 23.1 Å². The van der Waals surface area contributed by atoms with Gasteiger partial charge in [0.25, 0.3) is 0 Å². The van der Waals surface area contributed by atoms with Crippen LogP contribution in [-0.2, 0) is 11.3 Å². The molecule has 0 bridgehead atoms. The van der Waals surface area contributed by atoms with Gasteiger partial charge >= 0.3 is 5.76 Å². The molecule has 4 rings (SSSR count). The predicted molar refractivity (Wildman–Crippen MR) is 105 cm³/mol. The van der Waals surface area contributed by atoms with Crippen molar-refractivity contribution in [2.45, 2.75) is 19.9 Å². The van der Waals surface area contributed by atoms with Crippen LogP contribution in [0.1, 0.15) is 12.0 Å². The number of para-hydroxylation sites is 2. The molecule has 2 heterocycles. The van der Waals surface area contributed by atoms with E-state index in [9.17, 15) is 9.59 Å². The number of piperazine rings is 1. The summed E-state index contributed by atoms with van der Waals surface area (Å²) in [5.74, 6) is -0.329. The Balaban J connectivity index is 1.36. The van der Waals surface area contributed by atoms with Gasteiger partial charge in [0.15, 0.2) is 5.58 Å². The molecule has 1 saturated heterocycles. The van der Waals surface area contributed by atoms with Crippen molar-refractivity contribution in [2.24, 2.45) is 0 Å². The molecule has 6 heteroatoms. The van der Waals surface area contributed by atoms with Crippen LogP contribution in [-0.4, -0.2) is 41.6 Å². The third-order valence-corrected chi connectivity index (χ3v) is 5.12. The highest BCUT2D eigenvalue weighted by atomic mass is 16.4. The number of hydrogen-bond donors (Lipinski definition) is 0. The van der Waals surface area contributed by atoms with Crippen LogP contribution in [0, 0.1) is 6.92 Å². The fraction of sp³-hybridized carbons (Fsp3) is 0.333. The van der Waals surface area contributed by atoms with E-state index >= 15 is 0 Å². The number of anilines is 1. The van der Waals surface area contributed by atoms with Crippen LogP contribution in [0.15, 0.2) is 57.7 Å². The van der Waals surface area contributed by atoms with Gasteiger partial charge in [0.05, 0.1) is 5.52 Å². The van der Waals surface area contributed by atoms with Gasteiger partial charge in [0, 0.05) is 44.8 Å². The first-order valence-corrected chi connectivity index (χ1v) is 9.29. The van der Waals surface area contributed by atoms with Gasteiger partial charge in [0.1, 0.15) is 0 Å². The zero-order chi connectivity index (χ0) is 18.8. The lowest BCUT2D eigenvalue weighted by atomic mass is 10.2. The van der Waals surface area contributed by atoms with Gasteiger partial charge in [-0.3, -0.25) is 9.36 Å². The van der Waals surface area contributed by atoms with E-state index in [4.69, 9.17) is 4.42 Å². The van der Waals surface area contributed by atoms with Gasteiger partial charge in [0.2, 0.25) is 5.91 Å². The van der Waals surface area contributed by atoms with Crippen LogP contribution in [0.4, 0.5) is 5.69 Å². The summed E-state index contributed by atoms with van der Waals surface area (Å²) in [6, 6.07) is 15.7. The quantitative estimate of drug-likeness (QED) is 0.713. The van der Waals surface area contributed by atoms with Crippen LogP contribution in [0.25, 0.3) is 11.1 Å². The molecule has 1 amide bonds. The smallest absolute Gasteiger partial charge is 0.408 e. The second kappa shape index (κ2) is 7.31. The molecule has 0 saturated carbocycles. The lowest BCUT2D eigenvalue weighted by Gasteiger charge is -2.36. The Morgan fingerprint density at radius 1 is 1.04 bits per heavy atom. The zero-order valence-corrected chi connectivity index (χ0v) is 15.4. The van der Waals surface area contributed by atoms with Crippen LogP contribution in [0.2, 0.25) is 0 Å². The molecule has 1 aromatic heterocycles. The molecule has 0 unspecified atom stereocenters. The first-order chi connectivity index (χ1) is 13.1. The second-order valence-electron chi connectivity index (χ2n) is 6.94. The van der Waals surface area contributed by atoms with Gasteiger partial charge < -0.3 is 14.2 Å². The molecule has 2 aromatic carbocycles. The molecular formula is C21H23N3O3. The second-order valence-corrected chi connectivity index (χ2v) is 6.94. The molecule has 6 nitrogen and oxygen atoms in total. The van der Waals surface area contributed by atoms with Crippen LogP contribution >= 0.6 is 0 Å². The molecule has 3 aromatic rings. The average molecular weight is 365 g/mol. The molecule has 1 aliphatic heterocycles. The van der Waals surface area contributed by atoms with Crippen LogP contribution in [0.3, 0.4) is 0 Å². The van der Waals surface area contributed by atoms with Gasteiger partial charge in [-0.2, -0.15) is 0 Å². The summed E-state index contributed by atoms with van der Waals surface area (Å²) in [6.07, 6.45) is 0.299. The number of benzene rings is 2. The summed E-state index contributed by atoms with van der Waals surface area (Å²) in [6.45, 7) is 5.48. The SMILES string of the molecule is Cc1cccc(N2CCN(C(=O)CCn3c(=O)oc4ccccc43)CC2)c1. The van der Waals surface area contributed by atoms with Gasteiger partial charge in [-0.15, -0.1) is 0 Å². The normalized spacial score (nSPS) is 14.7. The first kappa shape index (κ1) is 17.4. The summed E-state index contributed by atoms with van der Waals surface area (Å²) in [5, 5.41) is 0. The summed E-state index contributed by atoms with van der Waals surface area (Å²) in [5.41, 5.74) is 3.74. The maximum absolute atomic E-state index is 12.6. The third-order valence-electron chi connectivity index (χ3n) is 5.12. The average Bonchev–Trinajstić information content (AvgIpc) is 3.01. The number of aromatic nitrogens is 1. The van der Waals surface area contributed by atoms with Crippen molar-refractivity contribution in [1.82, 2.24) is 9.47 Å². The minimum atomic E-state index is -0.409. The molecular weight excluding hydrogens is 342 g/mol. The summed E-state index contributed by atoms with van der Waals surface area (Å²) >= 11 is 0. The lowest BCUT2D eigenvalue weighted by molar-refractivity contribution is -0.131. The highest BCUT2D eigenvalue weighted by Crippen LogP contribution is 2.18. The molecule has 1 aliphatic rings. The molecule has 0 spiro atoms. The minimum Gasteiger partial charge on any atom is -0.408 e. The molecule has 140 valence electrons. The van der Waals surface area contributed by atoms with Crippen molar-refractivity contribution in [3.05, 3.63) is 64.6 Å². The number of aryl methyl sites for hydroxylation is 2. The maximum Gasteiger partial charge on any atom is 0.419 e. The third kappa shape index (κ3) is 3.60. The topological polar surface area (TPSA) is 58.7 Å². The van der Waals surface area contributed by atoms with E-state index in [0.29, 0.717) is 31.6 Å². The molecule has 0 radical (unpaired) electrons. The number of amides is 1. The van der Waals surface area contributed by atoms with Gasteiger partial charge in [-0.25, -0.2) is 4.79 Å². The standard InChI is InChI=1S/C21H23N3O3/c1-16-5-4-6-17(15-16)22-11-13-23(14-12-22)20(25)9-10-24-18-7-2-3-8-19(18)27-21(24)26/h2-8,15H,9-14H2,1H3. The van der Waals surface area contributed by atoms with Crippen molar-refractivity contribution in [1.29, 1.82) is 0 Å². The van der Waals surface area contributed by atoms with Crippen LogP contribution < -0.4 is 10.7 Å². The number of oxazole rings is 1. The largest absolute Gasteiger partial charge is 0.419 e. The minimum absolute atomic E-state index is 0.0797. The summed E-state index contributed by atoms with van der Waals surface area (Å²) in [7, 11) is 0. The summed E-state index contributed by atoms with van der Waals surface area (Å²) < 4.78 is 6.76. The van der Waals surface area contributed by atoms with Crippen LogP contribution in [0.5, 0.6) is 0 Å². The molecule has 1 fully saturated rings. The van der Waals surface area contributed by atoms with Crippen molar-refractivity contribution >= 4 is 22.7 Å². The Labute approximate surface area is 157 Å². The Bertz CT molecular complexity index is 1010. The number of fused-ring (bicyclic) bond motifs is 1. The monoisotopic (exact) mass is 365 g/mol. The van der Waals surface area contributed by atoms with E-state index < -0.39 is 5.76 Å². The highest BCUT2D eigenvalue weighted by Gasteiger charge is 2.21.